The number of aromatic nitrogens is 1. The van der Waals surface area contributed by atoms with Crippen LogP contribution in [-0.2, 0) is 6.54 Å². The fourth-order valence-corrected chi connectivity index (χ4v) is 2.25. The first-order valence-corrected chi connectivity index (χ1v) is 7.44. The van der Waals surface area contributed by atoms with Crippen LogP contribution in [0.4, 0.5) is 15.9 Å². The number of hydrogen-bond donors (Lipinski definition) is 1. The van der Waals surface area contributed by atoms with Gasteiger partial charge in [0.1, 0.15) is 11.6 Å². The number of pyridine rings is 1. The van der Waals surface area contributed by atoms with Gasteiger partial charge in [0.15, 0.2) is 0 Å². The van der Waals surface area contributed by atoms with Gasteiger partial charge in [0.2, 0.25) is 0 Å². The largest absolute Gasteiger partial charge is 0.324 e. The molecular formula is C17H22FN3. The molecule has 0 radical (unpaired) electrons. The van der Waals surface area contributed by atoms with Gasteiger partial charge in [-0.05, 0) is 49.7 Å². The number of hydrogen-bond acceptors (Lipinski definition) is 3. The van der Waals surface area contributed by atoms with E-state index in [9.17, 15) is 4.39 Å². The lowest BCUT2D eigenvalue weighted by Gasteiger charge is -2.23. The van der Waals surface area contributed by atoms with E-state index in [1.54, 1.807) is 18.3 Å². The highest BCUT2D eigenvalue weighted by Gasteiger charge is 2.12. The van der Waals surface area contributed by atoms with Crippen LogP contribution in [0.5, 0.6) is 0 Å². The smallest absolute Gasteiger partial charge is 0.146 e. The van der Waals surface area contributed by atoms with Gasteiger partial charge in [-0.25, -0.2) is 9.37 Å². The molecule has 0 bridgehead atoms. The van der Waals surface area contributed by atoms with Gasteiger partial charge in [-0.3, -0.25) is 0 Å². The maximum Gasteiger partial charge on any atom is 0.146 e. The van der Waals surface area contributed by atoms with E-state index in [0.717, 1.165) is 30.9 Å². The first-order chi connectivity index (χ1) is 10.3. The number of halogens is 1. The molecule has 0 fully saturated rings. The molecule has 0 unspecified atom stereocenters. The fourth-order valence-electron chi connectivity index (χ4n) is 2.25. The highest BCUT2D eigenvalue weighted by Crippen LogP contribution is 2.26. The molecule has 0 saturated heterocycles. The predicted octanol–water partition coefficient (Wildman–Crippen LogP) is 3.88. The summed E-state index contributed by atoms with van der Waals surface area (Å²) >= 11 is 0. The van der Waals surface area contributed by atoms with E-state index < -0.39 is 0 Å². The van der Waals surface area contributed by atoms with E-state index in [4.69, 9.17) is 0 Å². The maximum atomic E-state index is 14.0. The summed E-state index contributed by atoms with van der Waals surface area (Å²) in [6.45, 7) is 6.60. The van der Waals surface area contributed by atoms with Crippen molar-refractivity contribution in [1.29, 1.82) is 0 Å². The van der Waals surface area contributed by atoms with Gasteiger partial charge in [0.05, 0.1) is 5.69 Å². The number of benzene rings is 1. The van der Waals surface area contributed by atoms with Crippen molar-refractivity contribution in [3.8, 4) is 0 Å². The van der Waals surface area contributed by atoms with Crippen molar-refractivity contribution in [1.82, 2.24) is 10.3 Å². The lowest BCUT2D eigenvalue weighted by Crippen LogP contribution is -2.19. The minimum absolute atomic E-state index is 0.226. The van der Waals surface area contributed by atoms with Gasteiger partial charge in [-0.15, -0.1) is 0 Å². The zero-order valence-corrected chi connectivity index (χ0v) is 12.6. The molecule has 4 heteroatoms. The molecule has 21 heavy (non-hydrogen) atoms. The molecule has 0 aliphatic heterocycles. The Bertz CT molecular complexity index is 571. The van der Waals surface area contributed by atoms with Crippen molar-refractivity contribution < 1.29 is 4.39 Å². The molecule has 2 aromatic rings. The number of para-hydroxylation sites is 1. The second-order valence-electron chi connectivity index (χ2n) is 4.89. The summed E-state index contributed by atoms with van der Waals surface area (Å²) < 4.78 is 14.0. The van der Waals surface area contributed by atoms with Gasteiger partial charge in [-0.2, -0.15) is 0 Å². The zero-order chi connectivity index (χ0) is 15.1. The van der Waals surface area contributed by atoms with E-state index in [2.05, 4.69) is 17.2 Å². The monoisotopic (exact) mass is 287 g/mol. The van der Waals surface area contributed by atoms with Crippen LogP contribution in [0.25, 0.3) is 0 Å². The van der Waals surface area contributed by atoms with Crippen molar-refractivity contribution in [3.63, 3.8) is 0 Å². The number of rotatable bonds is 7. The average molecular weight is 287 g/mol. The summed E-state index contributed by atoms with van der Waals surface area (Å²) in [5.74, 6) is 0.550. The topological polar surface area (TPSA) is 28.2 Å². The number of anilines is 2. The molecule has 0 atom stereocenters. The van der Waals surface area contributed by atoms with Crippen molar-refractivity contribution in [2.24, 2.45) is 0 Å². The molecule has 0 spiro atoms. The molecule has 1 aromatic carbocycles. The van der Waals surface area contributed by atoms with E-state index in [-0.39, 0.29) is 5.82 Å². The second-order valence-corrected chi connectivity index (χ2v) is 4.89. The predicted molar refractivity (Wildman–Crippen MR) is 85.3 cm³/mol. The Hall–Kier alpha value is -1.94. The average Bonchev–Trinajstić information content (AvgIpc) is 2.51. The van der Waals surface area contributed by atoms with Crippen LogP contribution in [0.15, 0.2) is 42.6 Å². The summed E-state index contributed by atoms with van der Waals surface area (Å²) in [5, 5.41) is 3.37. The molecule has 0 aliphatic carbocycles. The Morgan fingerprint density at radius 3 is 2.71 bits per heavy atom. The normalized spacial score (nSPS) is 10.6. The Balaban J connectivity index is 2.22. The first kappa shape index (κ1) is 15.4. The van der Waals surface area contributed by atoms with Gasteiger partial charge in [0, 0.05) is 19.3 Å². The summed E-state index contributed by atoms with van der Waals surface area (Å²) in [5.41, 5.74) is 1.72. The molecule has 0 amide bonds. The zero-order valence-electron chi connectivity index (χ0n) is 12.6. The van der Waals surface area contributed by atoms with E-state index >= 15 is 0 Å². The summed E-state index contributed by atoms with van der Waals surface area (Å²) in [7, 11) is 0. The van der Waals surface area contributed by atoms with Crippen LogP contribution in [0.1, 0.15) is 25.8 Å². The molecule has 1 heterocycles. The minimum Gasteiger partial charge on any atom is -0.324 e. The minimum atomic E-state index is -0.226. The molecule has 0 aliphatic rings. The lowest BCUT2D eigenvalue weighted by atomic mass is 10.2. The Morgan fingerprint density at radius 1 is 1.19 bits per heavy atom. The highest BCUT2D eigenvalue weighted by atomic mass is 19.1. The second kappa shape index (κ2) is 7.74. The van der Waals surface area contributed by atoms with E-state index in [0.29, 0.717) is 12.2 Å². The Labute approximate surface area is 125 Å². The van der Waals surface area contributed by atoms with Gasteiger partial charge in [0.25, 0.3) is 0 Å². The van der Waals surface area contributed by atoms with E-state index in [1.807, 2.05) is 30.0 Å². The third-order valence-electron chi connectivity index (χ3n) is 3.30. The fraction of sp³-hybridized carbons (Fsp3) is 0.353. The molecule has 112 valence electrons. The van der Waals surface area contributed by atoms with E-state index in [1.165, 1.54) is 6.07 Å². The van der Waals surface area contributed by atoms with Crippen LogP contribution in [-0.4, -0.2) is 18.1 Å². The summed E-state index contributed by atoms with van der Waals surface area (Å²) in [4.78, 5) is 6.28. The molecule has 0 saturated carbocycles. The van der Waals surface area contributed by atoms with Gasteiger partial charge < -0.3 is 10.2 Å². The van der Waals surface area contributed by atoms with Crippen molar-refractivity contribution in [2.45, 2.75) is 26.8 Å². The van der Waals surface area contributed by atoms with Crippen LogP contribution < -0.4 is 10.2 Å². The molecule has 2 rings (SSSR count). The SMILES string of the molecule is CCCNCc1ccnc(N(CC)c2ccccc2F)c1. The Morgan fingerprint density at radius 2 is 2.00 bits per heavy atom. The summed E-state index contributed by atoms with van der Waals surface area (Å²) in [6.07, 6.45) is 2.88. The van der Waals surface area contributed by atoms with Crippen molar-refractivity contribution >= 4 is 11.5 Å². The maximum absolute atomic E-state index is 14.0. The molecular weight excluding hydrogens is 265 g/mol. The van der Waals surface area contributed by atoms with Crippen LogP contribution in [0.3, 0.4) is 0 Å². The molecule has 3 nitrogen and oxygen atoms in total. The molecule has 1 N–H and O–H groups in total. The number of nitrogens with zero attached hydrogens (tertiary/aromatic N) is 2. The van der Waals surface area contributed by atoms with Crippen LogP contribution in [0.2, 0.25) is 0 Å². The van der Waals surface area contributed by atoms with Crippen molar-refractivity contribution in [3.05, 3.63) is 54.0 Å². The first-order valence-electron chi connectivity index (χ1n) is 7.44. The molecule has 1 aromatic heterocycles. The standard InChI is InChI=1S/C17H22FN3/c1-3-10-19-13-14-9-11-20-17(12-14)21(4-2)16-8-6-5-7-15(16)18/h5-9,11-12,19H,3-4,10,13H2,1-2H3. The quantitative estimate of drug-likeness (QED) is 0.783. The number of nitrogens with one attached hydrogen (secondary N) is 1. The third-order valence-corrected chi connectivity index (χ3v) is 3.30. The highest BCUT2D eigenvalue weighted by molar-refractivity contribution is 5.60. The lowest BCUT2D eigenvalue weighted by molar-refractivity contribution is 0.625. The van der Waals surface area contributed by atoms with Crippen LogP contribution >= 0.6 is 0 Å². The van der Waals surface area contributed by atoms with Crippen LogP contribution in [0, 0.1) is 5.82 Å². The Kier molecular flexibility index (Phi) is 5.69. The summed E-state index contributed by atoms with van der Waals surface area (Å²) in [6, 6.07) is 10.8. The van der Waals surface area contributed by atoms with Gasteiger partial charge >= 0.3 is 0 Å². The van der Waals surface area contributed by atoms with Gasteiger partial charge in [-0.1, -0.05) is 19.1 Å². The third kappa shape index (κ3) is 4.02. The van der Waals surface area contributed by atoms with Crippen molar-refractivity contribution in [2.75, 3.05) is 18.0 Å².